The van der Waals surface area contributed by atoms with Crippen molar-refractivity contribution in [2.45, 2.75) is 31.5 Å². The van der Waals surface area contributed by atoms with Gasteiger partial charge in [0.1, 0.15) is 18.0 Å². The first-order chi connectivity index (χ1) is 10.6. The third kappa shape index (κ3) is 3.58. The second-order valence-corrected chi connectivity index (χ2v) is 6.28. The van der Waals surface area contributed by atoms with Gasteiger partial charge < -0.3 is 14.5 Å². The zero-order chi connectivity index (χ0) is 15.5. The van der Waals surface area contributed by atoms with E-state index in [1.54, 1.807) is 17.0 Å². The average Bonchev–Trinajstić information content (AvgIpc) is 2.96. The van der Waals surface area contributed by atoms with Gasteiger partial charge in [0, 0.05) is 25.2 Å². The molecule has 0 aromatic heterocycles. The monoisotopic (exact) mass is 306 g/mol. The van der Waals surface area contributed by atoms with Crippen LogP contribution < -0.4 is 4.74 Å². The number of hydrogen-bond acceptors (Lipinski definition) is 3. The number of carbonyl (C=O) groups excluding carboxylic acids is 1. The van der Waals surface area contributed by atoms with E-state index in [4.69, 9.17) is 4.74 Å². The molecule has 1 atom stereocenters. The zero-order valence-corrected chi connectivity index (χ0v) is 13.0. The van der Waals surface area contributed by atoms with Gasteiger partial charge in [-0.3, -0.25) is 4.79 Å². The maximum atomic E-state index is 13.2. The lowest BCUT2D eigenvalue weighted by Crippen LogP contribution is -2.35. The number of likely N-dealkylation sites (tertiary alicyclic amines) is 2. The first kappa shape index (κ1) is 15.3. The SMILES string of the molecule is CN1CCC(Oc2ccc(C(=O)N3CC[C@@H](F)C3)cc2)CC1. The van der Waals surface area contributed by atoms with Crippen molar-refractivity contribution in [1.29, 1.82) is 0 Å². The van der Waals surface area contributed by atoms with Gasteiger partial charge in [0.15, 0.2) is 0 Å². The van der Waals surface area contributed by atoms with Crippen molar-refractivity contribution in [1.82, 2.24) is 9.80 Å². The molecule has 0 radical (unpaired) electrons. The van der Waals surface area contributed by atoms with E-state index in [0.29, 0.717) is 18.5 Å². The number of alkyl halides is 1. The van der Waals surface area contributed by atoms with Crippen LogP contribution in [0.3, 0.4) is 0 Å². The second kappa shape index (κ2) is 6.65. The molecule has 0 bridgehead atoms. The van der Waals surface area contributed by atoms with E-state index in [1.165, 1.54) is 0 Å². The Morgan fingerprint density at radius 1 is 1.14 bits per heavy atom. The van der Waals surface area contributed by atoms with E-state index in [9.17, 15) is 9.18 Å². The Kier molecular flexibility index (Phi) is 4.62. The Balaban J connectivity index is 1.57. The summed E-state index contributed by atoms with van der Waals surface area (Å²) in [5.74, 6) is 0.710. The molecule has 0 spiro atoms. The Labute approximate surface area is 130 Å². The lowest BCUT2D eigenvalue weighted by atomic mass is 10.1. The molecule has 2 heterocycles. The summed E-state index contributed by atoms with van der Waals surface area (Å²) in [4.78, 5) is 16.1. The zero-order valence-electron chi connectivity index (χ0n) is 13.0. The van der Waals surface area contributed by atoms with Crippen LogP contribution in [-0.2, 0) is 0 Å². The summed E-state index contributed by atoms with van der Waals surface area (Å²) >= 11 is 0. The first-order valence-electron chi connectivity index (χ1n) is 8.00. The van der Waals surface area contributed by atoms with Gasteiger partial charge >= 0.3 is 0 Å². The maximum absolute atomic E-state index is 13.2. The summed E-state index contributed by atoms with van der Waals surface area (Å²) in [5, 5.41) is 0. The fourth-order valence-electron chi connectivity index (χ4n) is 3.06. The smallest absolute Gasteiger partial charge is 0.253 e. The first-order valence-corrected chi connectivity index (χ1v) is 8.00. The van der Waals surface area contributed by atoms with Crippen LogP contribution in [0.5, 0.6) is 5.75 Å². The molecule has 120 valence electrons. The molecular weight excluding hydrogens is 283 g/mol. The summed E-state index contributed by atoms with van der Waals surface area (Å²) in [6.07, 6.45) is 1.88. The quantitative estimate of drug-likeness (QED) is 0.859. The van der Waals surface area contributed by atoms with E-state index in [2.05, 4.69) is 11.9 Å². The van der Waals surface area contributed by atoms with Gasteiger partial charge in [-0.1, -0.05) is 0 Å². The number of carbonyl (C=O) groups is 1. The highest BCUT2D eigenvalue weighted by molar-refractivity contribution is 5.94. The van der Waals surface area contributed by atoms with Gasteiger partial charge in [-0.25, -0.2) is 4.39 Å². The topological polar surface area (TPSA) is 32.8 Å². The van der Waals surface area contributed by atoms with E-state index in [-0.39, 0.29) is 18.6 Å². The number of amides is 1. The maximum Gasteiger partial charge on any atom is 0.253 e. The van der Waals surface area contributed by atoms with Gasteiger partial charge in [0.2, 0.25) is 0 Å². The van der Waals surface area contributed by atoms with Crippen LogP contribution in [-0.4, -0.2) is 61.2 Å². The highest BCUT2D eigenvalue weighted by Gasteiger charge is 2.26. The van der Waals surface area contributed by atoms with Crippen LogP contribution in [0, 0.1) is 0 Å². The standard InChI is InChI=1S/C17H23FN2O2/c1-19-9-7-16(8-10-19)22-15-4-2-13(3-5-15)17(21)20-11-6-14(18)12-20/h2-5,14,16H,6-12H2,1H3/t14-/m1/s1. The number of halogens is 1. The minimum absolute atomic E-state index is 0.0917. The molecule has 1 amide bonds. The normalized spacial score (nSPS) is 23.7. The lowest BCUT2D eigenvalue weighted by molar-refractivity contribution is 0.0782. The van der Waals surface area contributed by atoms with Gasteiger partial charge in [-0.05, 0) is 50.6 Å². The van der Waals surface area contributed by atoms with Crippen LogP contribution in [0.25, 0.3) is 0 Å². The molecule has 1 aromatic carbocycles. The molecule has 2 saturated heterocycles. The predicted octanol–water partition coefficient (Wildman–Crippen LogP) is 2.34. The number of piperidine rings is 1. The van der Waals surface area contributed by atoms with Crippen LogP contribution in [0.4, 0.5) is 4.39 Å². The third-order valence-electron chi connectivity index (χ3n) is 4.49. The lowest BCUT2D eigenvalue weighted by Gasteiger charge is -2.29. The van der Waals surface area contributed by atoms with Crippen LogP contribution in [0.2, 0.25) is 0 Å². The van der Waals surface area contributed by atoms with E-state index in [1.807, 2.05) is 12.1 Å². The summed E-state index contributed by atoms with van der Waals surface area (Å²) < 4.78 is 19.2. The van der Waals surface area contributed by atoms with Crippen molar-refractivity contribution in [3.63, 3.8) is 0 Å². The van der Waals surface area contributed by atoms with Gasteiger partial charge in [0.25, 0.3) is 5.91 Å². The summed E-state index contributed by atoms with van der Waals surface area (Å²) in [6.45, 7) is 2.84. The molecule has 2 aliphatic rings. The number of benzene rings is 1. The summed E-state index contributed by atoms with van der Waals surface area (Å²) in [7, 11) is 2.12. The molecule has 0 unspecified atom stereocenters. The molecule has 22 heavy (non-hydrogen) atoms. The number of ether oxygens (including phenoxy) is 1. The predicted molar refractivity (Wildman–Crippen MR) is 83.0 cm³/mol. The van der Waals surface area contributed by atoms with Crippen LogP contribution >= 0.6 is 0 Å². The molecule has 2 fully saturated rings. The van der Waals surface area contributed by atoms with Crippen molar-refractivity contribution < 1.29 is 13.9 Å². The minimum Gasteiger partial charge on any atom is -0.490 e. The molecule has 0 N–H and O–H groups in total. The molecular formula is C17H23FN2O2. The largest absolute Gasteiger partial charge is 0.490 e. The van der Waals surface area contributed by atoms with E-state index >= 15 is 0 Å². The highest BCUT2D eigenvalue weighted by Crippen LogP contribution is 2.21. The van der Waals surface area contributed by atoms with E-state index in [0.717, 1.165) is 31.7 Å². The van der Waals surface area contributed by atoms with Crippen molar-refractivity contribution in [2.24, 2.45) is 0 Å². The van der Waals surface area contributed by atoms with Crippen LogP contribution in [0.1, 0.15) is 29.6 Å². The molecule has 3 rings (SSSR count). The van der Waals surface area contributed by atoms with Gasteiger partial charge in [0.05, 0.1) is 6.54 Å². The number of hydrogen-bond donors (Lipinski definition) is 0. The molecule has 0 aliphatic carbocycles. The van der Waals surface area contributed by atoms with Crippen LogP contribution in [0.15, 0.2) is 24.3 Å². The Morgan fingerprint density at radius 3 is 2.41 bits per heavy atom. The Morgan fingerprint density at radius 2 is 1.82 bits per heavy atom. The van der Waals surface area contributed by atoms with Crippen molar-refractivity contribution in [2.75, 3.05) is 33.2 Å². The number of nitrogens with zero attached hydrogens (tertiary/aromatic N) is 2. The summed E-state index contributed by atoms with van der Waals surface area (Å²) in [6, 6.07) is 7.24. The van der Waals surface area contributed by atoms with Gasteiger partial charge in [-0.15, -0.1) is 0 Å². The fraction of sp³-hybridized carbons (Fsp3) is 0.588. The van der Waals surface area contributed by atoms with Gasteiger partial charge in [-0.2, -0.15) is 0 Å². The fourth-order valence-corrected chi connectivity index (χ4v) is 3.06. The van der Waals surface area contributed by atoms with Crippen molar-refractivity contribution >= 4 is 5.91 Å². The molecule has 1 aromatic rings. The Hall–Kier alpha value is -1.62. The number of rotatable bonds is 3. The third-order valence-corrected chi connectivity index (χ3v) is 4.49. The van der Waals surface area contributed by atoms with Crippen molar-refractivity contribution in [3.8, 4) is 5.75 Å². The molecule has 5 heteroatoms. The van der Waals surface area contributed by atoms with Crippen molar-refractivity contribution in [3.05, 3.63) is 29.8 Å². The van der Waals surface area contributed by atoms with E-state index < -0.39 is 6.17 Å². The molecule has 0 saturated carbocycles. The molecule has 4 nitrogen and oxygen atoms in total. The molecule has 2 aliphatic heterocycles. The average molecular weight is 306 g/mol. The second-order valence-electron chi connectivity index (χ2n) is 6.28. The highest BCUT2D eigenvalue weighted by atomic mass is 19.1. The Bertz CT molecular complexity index is 512. The minimum atomic E-state index is -0.879. The summed E-state index contributed by atoms with van der Waals surface area (Å²) in [5.41, 5.74) is 0.602.